The molecule has 5 nitrogen and oxygen atoms in total. The Labute approximate surface area is 110 Å². The van der Waals surface area contributed by atoms with Gasteiger partial charge in [0.1, 0.15) is 0 Å². The van der Waals surface area contributed by atoms with Crippen molar-refractivity contribution in [1.29, 1.82) is 0 Å². The predicted molar refractivity (Wildman–Crippen MR) is 66.7 cm³/mol. The fraction of sp³-hybridized carbons (Fsp3) is 0.500. The average Bonchev–Trinajstić information content (AvgIpc) is 2.38. The molecule has 1 fully saturated rings. The van der Waals surface area contributed by atoms with E-state index >= 15 is 0 Å². The molecule has 1 aliphatic rings. The van der Waals surface area contributed by atoms with Crippen LogP contribution in [0.15, 0.2) is 12.3 Å². The van der Waals surface area contributed by atoms with E-state index in [9.17, 15) is 9.90 Å². The molecule has 6 heteroatoms. The maximum absolute atomic E-state index is 12.3. The van der Waals surface area contributed by atoms with Crippen molar-refractivity contribution in [2.75, 3.05) is 26.4 Å². The number of aliphatic hydroxyl groups excluding tert-OH is 1. The van der Waals surface area contributed by atoms with Gasteiger partial charge in [0.05, 0.1) is 36.4 Å². The number of nitrogens with zero attached hydrogens (tertiary/aromatic N) is 2. The van der Waals surface area contributed by atoms with Gasteiger partial charge in [-0.05, 0) is 13.0 Å². The molecule has 0 saturated carbocycles. The Balaban J connectivity index is 2.24. The second-order valence-corrected chi connectivity index (χ2v) is 4.62. The molecule has 1 amide bonds. The molecule has 1 aromatic heterocycles. The van der Waals surface area contributed by atoms with Crippen molar-refractivity contribution in [2.45, 2.75) is 13.0 Å². The third-order valence-electron chi connectivity index (χ3n) is 2.92. The number of aliphatic hydroxyl groups is 1. The van der Waals surface area contributed by atoms with Gasteiger partial charge in [0.2, 0.25) is 0 Å². The van der Waals surface area contributed by atoms with Gasteiger partial charge >= 0.3 is 0 Å². The van der Waals surface area contributed by atoms with Gasteiger partial charge in [0.25, 0.3) is 5.91 Å². The van der Waals surface area contributed by atoms with Crippen molar-refractivity contribution in [3.05, 3.63) is 28.5 Å². The summed E-state index contributed by atoms with van der Waals surface area (Å²) in [5.41, 5.74) is 1.12. The summed E-state index contributed by atoms with van der Waals surface area (Å²) in [6, 6.07) is 1.34. The zero-order valence-electron chi connectivity index (χ0n) is 10.1. The number of hydrogen-bond acceptors (Lipinski definition) is 4. The lowest BCUT2D eigenvalue weighted by atomic mass is 10.1. The zero-order valence-corrected chi connectivity index (χ0v) is 10.9. The lowest BCUT2D eigenvalue weighted by Crippen LogP contribution is -2.50. The Kier molecular flexibility index (Phi) is 4.16. The minimum absolute atomic E-state index is 0.122. The lowest BCUT2D eigenvalue weighted by Gasteiger charge is -2.34. The van der Waals surface area contributed by atoms with E-state index in [4.69, 9.17) is 16.3 Å². The summed E-state index contributed by atoms with van der Waals surface area (Å²) < 4.78 is 5.24. The molecular formula is C12H15ClN2O3. The minimum Gasteiger partial charge on any atom is -0.394 e. The highest BCUT2D eigenvalue weighted by atomic mass is 35.5. The zero-order chi connectivity index (χ0) is 13.1. The first kappa shape index (κ1) is 13.3. The van der Waals surface area contributed by atoms with E-state index < -0.39 is 0 Å². The van der Waals surface area contributed by atoms with Gasteiger partial charge in [0, 0.05) is 18.4 Å². The van der Waals surface area contributed by atoms with Crippen molar-refractivity contribution < 1.29 is 14.6 Å². The van der Waals surface area contributed by atoms with E-state index in [1.54, 1.807) is 11.0 Å². The van der Waals surface area contributed by atoms with E-state index in [2.05, 4.69) is 4.98 Å². The maximum atomic E-state index is 12.3. The number of halogens is 1. The van der Waals surface area contributed by atoms with Crippen molar-refractivity contribution in [3.8, 4) is 0 Å². The molecule has 1 aliphatic heterocycles. The number of amides is 1. The summed E-state index contributed by atoms with van der Waals surface area (Å²) >= 11 is 6.05. The quantitative estimate of drug-likeness (QED) is 0.866. The molecule has 1 atom stereocenters. The number of rotatable bonds is 2. The summed E-state index contributed by atoms with van der Waals surface area (Å²) in [6.07, 6.45) is 1.48. The maximum Gasteiger partial charge on any atom is 0.257 e. The van der Waals surface area contributed by atoms with Crippen LogP contribution in [-0.2, 0) is 4.74 Å². The number of aryl methyl sites for hydroxylation is 1. The largest absolute Gasteiger partial charge is 0.394 e. The van der Waals surface area contributed by atoms with Crippen LogP contribution in [0.1, 0.15) is 16.1 Å². The molecule has 0 aliphatic carbocycles. The highest BCUT2D eigenvalue weighted by Crippen LogP contribution is 2.20. The van der Waals surface area contributed by atoms with Crippen molar-refractivity contribution in [2.24, 2.45) is 0 Å². The summed E-state index contributed by atoms with van der Waals surface area (Å²) in [6.45, 7) is 2.96. The molecule has 1 aromatic rings. The first-order valence-electron chi connectivity index (χ1n) is 5.75. The molecule has 18 heavy (non-hydrogen) atoms. The summed E-state index contributed by atoms with van der Waals surface area (Å²) in [7, 11) is 0. The second-order valence-electron chi connectivity index (χ2n) is 4.22. The fourth-order valence-electron chi connectivity index (χ4n) is 1.91. The third kappa shape index (κ3) is 2.63. The molecule has 98 valence electrons. The van der Waals surface area contributed by atoms with Crippen molar-refractivity contribution in [3.63, 3.8) is 0 Å². The van der Waals surface area contributed by atoms with Gasteiger partial charge in [0.15, 0.2) is 0 Å². The second kappa shape index (κ2) is 5.65. The number of morpholine rings is 1. The van der Waals surface area contributed by atoms with Crippen LogP contribution in [0.3, 0.4) is 0 Å². The first-order chi connectivity index (χ1) is 8.63. The van der Waals surface area contributed by atoms with Crippen molar-refractivity contribution in [1.82, 2.24) is 9.88 Å². The smallest absolute Gasteiger partial charge is 0.257 e. The highest BCUT2D eigenvalue weighted by molar-refractivity contribution is 6.33. The molecule has 1 N–H and O–H groups in total. The molecule has 2 rings (SSSR count). The monoisotopic (exact) mass is 270 g/mol. The number of aromatic nitrogens is 1. The van der Waals surface area contributed by atoms with Gasteiger partial charge in [-0.3, -0.25) is 9.78 Å². The summed E-state index contributed by atoms with van der Waals surface area (Å²) in [5, 5.41) is 9.63. The van der Waals surface area contributed by atoms with Gasteiger partial charge in [-0.25, -0.2) is 0 Å². The van der Waals surface area contributed by atoms with Crippen LogP contribution in [0.4, 0.5) is 0 Å². The van der Waals surface area contributed by atoms with E-state index in [0.717, 1.165) is 5.69 Å². The highest BCUT2D eigenvalue weighted by Gasteiger charge is 2.28. The Morgan fingerprint density at radius 1 is 1.72 bits per heavy atom. The molecule has 0 bridgehead atoms. The number of pyridine rings is 1. The van der Waals surface area contributed by atoms with E-state index in [1.807, 2.05) is 6.92 Å². The Morgan fingerprint density at radius 2 is 2.50 bits per heavy atom. The number of carbonyl (C=O) groups excluding carboxylic acids is 1. The van der Waals surface area contributed by atoms with Crippen LogP contribution in [0.25, 0.3) is 0 Å². The van der Waals surface area contributed by atoms with E-state index in [-0.39, 0.29) is 18.6 Å². The average molecular weight is 271 g/mol. The van der Waals surface area contributed by atoms with Crippen LogP contribution >= 0.6 is 11.6 Å². The predicted octanol–water partition coefficient (Wildman–Crippen LogP) is 0.877. The number of carbonyl (C=O) groups is 1. The molecule has 0 radical (unpaired) electrons. The minimum atomic E-state index is -0.316. The van der Waals surface area contributed by atoms with Crippen LogP contribution in [0.2, 0.25) is 5.02 Å². The first-order valence-corrected chi connectivity index (χ1v) is 6.13. The number of hydrogen-bond donors (Lipinski definition) is 1. The normalized spacial score (nSPS) is 19.9. The van der Waals surface area contributed by atoms with Crippen LogP contribution < -0.4 is 0 Å². The van der Waals surface area contributed by atoms with Crippen LogP contribution in [0.5, 0.6) is 0 Å². The van der Waals surface area contributed by atoms with Gasteiger partial charge < -0.3 is 14.7 Å². The molecule has 0 spiro atoms. The Bertz CT molecular complexity index is 453. The number of ether oxygens (including phenoxy) is 1. The molecule has 2 heterocycles. The van der Waals surface area contributed by atoms with Gasteiger partial charge in [-0.2, -0.15) is 0 Å². The molecule has 1 saturated heterocycles. The molecule has 0 aromatic carbocycles. The topological polar surface area (TPSA) is 62.7 Å². The van der Waals surface area contributed by atoms with Crippen LogP contribution in [-0.4, -0.2) is 53.3 Å². The van der Waals surface area contributed by atoms with E-state index in [1.165, 1.54) is 6.20 Å². The summed E-state index contributed by atoms with van der Waals surface area (Å²) in [5.74, 6) is -0.213. The fourth-order valence-corrected chi connectivity index (χ4v) is 2.20. The van der Waals surface area contributed by atoms with Gasteiger partial charge in [-0.15, -0.1) is 0 Å². The molecular weight excluding hydrogens is 256 g/mol. The van der Waals surface area contributed by atoms with E-state index in [0.29, 0.717) is 30.3 Å². The Hall–Kier alpha value is -1.17. The Morgan fingerprint density at radius 3 is 3.17 bits per heavy atom. The molecule has 1 unspecified atom stereocenters. The van der Waals surface area contributed by atoms with Crippen molar-refractivity contribution >= 4 is 17.5 Å². The standard InChI is InChI=1S/C12H15ClN2O3/c1-8-4-11(13)10(5-14-8)12(17)15-2-3-18-7-9(15)6-16/h4-5,9,16H,2-3,6-7H2,1H3. The third-order valence-corrected chi connectivity index (χ3v) is 3.23. The van der Waals surface area contributed by atoms with Gasteiger partial charge in [-0.1, -0.05) is 11.6 Å². The lowest BCUT2D eigenvalue weighted by molar-refractivity contribution is -0.0184. The SMILES string of the molecule is Cc1cc(Cl)c(C(=O)N2CCOCC2CO)cn1. The summed E-state index contributed by atoms with van der Waals surface area (Å²) in [4.78, 5) is 18.0. The van der Waals surface area contributed by atoms with Crippen LogP contribution in [0, 0.1) is 6.92 Å².